The van der Waals surface area contributed by atoms with Crippen molar-refractivity contribution in [1.82, 2.24) is 9.62 Å². The van der Waals surface area contributed by atoms with Gasteiger partial charge in [-0.25, -0.2) is 8.42 Å². The Labute approximate surface area is 102 Å². The first kappa shape index (κ1) is 11.2. The van der Waals surface area contributed by atoms with Gasteiger partial charge in [0.1, 0.15) is 0 Å². The number of rotatable bonds is 2. The topological polar surface area (TPSA) is 49.4 Å². The van der Waals surface area contributed by atoms with Crippen molar-refractivity contribution in [2.24, 2.45) is 0 Å². The van der Waals surface area contributed by atoms with Crippen LogP contribution in [0.25, 0.3) is 0 Å². The zero-order valence-electron chi connectivity index (χ0n) is 9.76. The van der Waals surface area contributed by atoms with E-state index in [2.05, 4.69) is 5.32 Å². The minimum atomic E-state index is -3.29. The Hall–Kier alpha value is -0.910. The molecule has 17 heavy (non-hydrogen) atoms. The molecule has 0 amide bonds. The quantitative estimate of drug-likeness (QED) is 0.844. The van der Waals surface area contributed by atoms with E-state index in [9.17, 15) is 8.42 Å². The third-order valence-corrected chi connectivity index (χ3v) is 5.57. The van der Waals surface area contributed by atoms with Crippen LogP contribution in [0.2, 0.25) is 0 Å². The molecular formula is C12H16N2O2S. The molecule has 0 radical (unpaired) electrons. The molecule has 1 aromatic rings. The Bertz CT molecular complexity index is 524. The van der Waals surface area contributed by atoms with Crippen LogP contribution in [0.4, 0.5) is 0 Å². The summed E-state index contributed by atoms with van der Waals surface area (Å²) in [4.78, 5) is 0.413. The van der Waals surface area contributed by atoms with Gasteiger partial charge in [0.05, 0.1) is 4.90 Å². The van der Waals surface area contributed by atoms with E-state index in [-0.39, 0.29) is 6.04 Å². The number of aryl methyl sites for hydroxylation is 1. The normalized spacial score (nSPS) is 28.8. The highest BCUT2D eigenvalue weighted by atomic mass is 32.2. The van der Waals surface area contributed by atoms with Crippen LogP contribution in [0.5, 0.6) is 0 Å². The fourth-order valence-corrected chi connectivity index (χ4v) is 4.34. The van der Waals surface area contributed by atoms with E-state index in [0.29, 0.717) is 17.5 Å². The van der Waals surface area contributed by atoms with Gasteiger partial charge in [-0.15, -0.1) is 0 Å². The third-order valence-electron chi connectivity index (χ3n) is 3.63. The summed E-state index contributed by atoms with van der Waals surface area (Å²) in [6, 6.07) is 7.58. The highest BCUT2D eigenvalue weighted by molar-refractivity contribution is 7.89. The van der Waals surface area contributed by atoms with E-state index in [1.165, 1.54) is 0 Å². The maximum absolute atomic E-state index is 12.4. The summed E-state index contributed by atoms with van der Waals surface area (Å²) in [6.07, 6.45) is 0.949. The van der Waals surface area contributed by atoms with Gasteiger partial charge in [0.25, 0.3) is 0 Å². The Morgan fingerprint density at radius 2 is 2.00 bits per heavy atom. The maximum atomic E-state index is 12.4. The van der Waals surface area contributed by atoms with Crippen molar-refractivity contribution in [3.63, 3.8) is 0 Å². The molecule has 2 aliphatic heterocycles. The minimum Gasteiger partial charge on any atom is -0.311 e. The number of hydrogen-bond acceptors (Lipinski definition) is 3. The van der Waals surface area contributed by atoms with Crippen LogP contribution in [-0.4, -0.2) is 37.9 Å². The number of nitrogens with one attached hydrogen (secondary N) is 1. The molecule has 1 N–H and O–H groups in total. The summed E-state index contributed by atoms with van der Waals surface area (Å²) in [6.45, 7) is 3.36. The molecule has 0 saturated carbocycles. The molecule has 2 fully saturated rings. The largest absolute Gasteiger partial charge is 0.311 e. The second-order valence-corrected chi connectivity index (χ2v) is 6.77. The van der Waals surface area contributed by atoms with Gasteiger partial charge in [-0.2, -0.15) is 4.31 Å². The van der Waals surface area contributed by atoms with Gasteiger partial charge >= 0.3 is 0 Å². The minimum absolute atomic E-state index is 0.145. The summed E-state index contributed by atoms with van der Waals surface area (Å²) in [5, 5.41) is 3.31. The first-order valence-corrected chi connectivity index (χ1v) is 7.33. The van der Waals surface area contributed by atoms with Crippen LogP contribution in [-0.2, 0) is 10.0 Å². The average Bonchev–Trinajstić information content (AvgIpc) is 2.91. The van der Waals surface area contributed by atoms with Crippen LogP contribution >= 0.6 is 0 Å². The van der Waals surface area contributed by atoms with Crippen molar-refractivity contribution >= 4 is 10.0 Å². The van der Waals surface area contributed by atoms with Crippen LogP contribution in [0.1, 0.15) is 12.0 Å². The molecule has 5 heteroatoms. The van der Waals surface area contributed by atoms with E-state index in [1.54, 1.807) is 16.4 Å². The number of piperazine rings is 1. The van der Waals surface area contributed by atoms with Crippen molar-refractivity contribution in [2.45, 2.75) is 30.3 Å². The molecule has 92 valence electrons. The van der Waals surface area contributed by atoms with Gasteiger partial charge in [-0.1, -0.05) is 17.7 Å². The predicted octanol–water partition coefficient (Wildman–Crippen LogP) is 0.730. The Balaban J connectivity index is 1.93. The van der Waals surface area contributed by atoms with E-state index in [1.807, 2.05) is 19.1 Å². The fraction of sp³-hybridized carbons (Fsp3) is 0.500. The van der Waals surface area contributed by atoms with Gasteiger partial charge in [0.2, 0.25) is 10.0 Å². The summed E-state index contributed by atoms with van der Waals surface area (Å²) in [5.74, 6) is 0. The number of fused-ring (bicyclic) bond motifs is 2. The lowest BCUT2D eigenvalue weighted by atomic mass is 10.2. The predicted molar refractivity (Wildman–Crippen MR) is 65.3 cm³/mol. The molecule has 0 aliphatic carbocycles. The SMILES string of the molecule is Cc1ccc(S(=O)(=O)N2CC3CC2CN3)cc1. The van der Waals surface area contributed by atoms with Crippen molar-refractivity contribution in [3.05, 3.63) is 29.8 Å². The second kappa shape index (κ2) is 3.80. The molecule has 4 nitrogen and oxygen atoms in total. The number of hydrogen-bond donors (Lipinski definition) is 1. The van der Waals surface area contributed by atoms with Gasteiger partial charge in [-0.05, 0) is 25.5 Å². The Morgan fingerprint density at radius 3 is 2.53 bits per heavy atom. The lowest BCUT2D eigenvalue weighted by Crippen LogP contribution is -2.46. The van der Waals surface area contributed by atoms with Crippen molar-refractivity contribution in [1.29, 1.82) is 0 Å². The first-order valence-electron chi connectivity index (χ1n) is 5.89. The molecular weight excluding hydrogens is 236 g/mol. The van der Waals surface area contributed by atoms with Crippen molar-refractivity contribution in [2.75, 3.05) is 13.1 Å². The summed E-state index contributed by atoms with van der Waals surface area (Å²) in [5.41, 5.74) is 1.08. The Morgan fingerprint density at radius 1 is 1.29 bits per heavy atom. The fourth-order valence-electron chi connectivity index (χ4n) is 2.66. The molecule has 2 bridgehead atoms. The molecule has 2 unspecified atom stereocenters. The van der Waals surface area contributed by atoms with E-state index in [4.69, 9.17) is 0 Å². The molecule has 2 saturated heterocycles. The molecule has 2 atom stereocenters. The lowest BCUT2D eigenvalue weighted by molar-refractivity contribution is 0.349. The summed E-state index contributed by atoms with van der Waals surface area (Å²) in [7, 11) is -3.29. The van der Waals surface area contributed by atoms with E-state index >= 15 is 0 Å². The van der Waals surface area contributed by atoms with Crippen molar-refractivity contribution < 1.29 is 8.42 Å². The van der Waals surface area contributed by atoms with Crippen LogP contribution < -0.4 is 5.32 Å². The number of sulfonamides is 1. The highest BCUT2D eigenvalue weighted by Gasteiger charge is 2.44. The summed E-state index contributed by atoms with van der Waals surface area (Å²) >= 11 is 0. The zero-order valence-corrected chi connectivity index (χ0v) is 10.6. The molecule has 3 rings (SSSR count). The van der Waals surface area contributed by atoms with Crippen LogP contribution in [0, 0.1) is 6.92 Å². The monoisotopic (exact) mass is 252 g/mol. The lowest BCUT2D eigenvalue weighted by Gasteiger charge is -2.26. The Kier molecular flexibility index (Phi) is 2.50. The van der Waals surface area contributed by atoms with E-state index < -0.39 is 10.0 Å². The van der Waals surface area contributed by atoms with Crippen molar-refractivity contribution in [3.8, 4) is 0 Å². The van der Waals surface area contributed by atoms with Gasteiger partial charge in [0, 0.05) is 25.2 Å². The second-order valence-electron chi connectivity index (χ2n) is 4.88. The molecule has 2 aliphatic rings. The van der Waals surface area contributed by atoms with Gasteiger partial charge in [0.15, 0.2) is 0 Å². The number of nitrogens with zero attached hydrogens (tertiary/aromatic N) is 1. The number of benzene rings is 1. The molecule has 0 spiro atoms. The zero-order chi connectivity index (χ0) is 12.0. The molecule has 0 aromatic heterocycles. The summed E-state index contributed by atoms with van der Waals surface area (Å²) < 4.78 is 26.5. The average molecular weight is 252 g/mol. The van der Waals surface area contributed by atoms with Gasteiger partial charge in [-0.3, -0.25) is 0 Å². The standard InChI is InChI=1S/C12H16N2O2S/c1-9-2-4-12(5-3-9)17(15,16)14-8-10-6-11(14)7-13-10/h2-5,10-11,13H,6-8H2,1H3. The third kappa shape index (κ3) is 1.78. The highest BCUT2D eigenvalue weighted by Crippen LogP contribution is 2.29. The first-order chi connectivity index (χ1) is 8.07. The molecule has 2 heterocycles. The van der Waals surface area contributed by atoms with Crippen LogP contribution in [0.15, 0.2) is 29.2 Å². The maximum Gasteiger partial charge on any atom is 0.243 e. The van der Waals surface area contributed by atoms with Gasteiger partial charge < -0.3 is 5.32 Å². The molecule has 1 aromatic carbocycles. The smallest absolute Gasteiger partial charge is 0.243 e. The van der Waals surface area contributed by atoms with Crippen LogP contribution in [0.3, 0.4) is 0 Å². The van der Waals surface area contributed by atoms with E-state index in [0.717, 1.165) is 18.5 Å².